The smallest absolute Gasteiger partial charge is 0.336 e. The molecule has 2 aromatic rings. The molecule has 3 saturated heterocycles. The van der Waals surface area contributed by atoms with E-state index in [4.69, 9.17) is 0 Å². The molecule has 0 saturated carbocycles. The van der Waals surface area contributed by atoms with Crippen molar-refractivity contribution in [3.8, 4) is 0 Å². The van der Waals surface area contributed by atoms with Gasteiger partial charge in [-0.25, -0.2) is 4.79 Å². The normalized spacial score (nSPS) is 25.8. The van der Waals surface area contributed by atoms with Crippen molar-refractivity contribution in [3.05, 3.63) is 29.0 Å². The Morgan fingerprint density at radius 1 is 1.40 bits per heavy atom. The van der Waals surface area contributed by atoms with Gasteiger partial charge in [-0.2, -0.15) is 5.10 Å². The minimum Gasteiger partial charge on any atom is -0.478 e. The van der Waals surface area contributed by atoms with E-state index in [1.165, 1.54) is 25.9 Å². The summed E-state index contributed by atoms with van der Waals surface area (Å²) in [4.78, 5) is 14.4. The first-order chi connectivity index (χ1) is 12.0. The Balaban J connectivity index is 1.63. The molecule has 0 radical (unpaired) electrons. The zero-order valence-electron chi connectivity index (χ0n) is 14.9. The Kier molecular flexibility index (Phi) is 4.25. The van der Waals surface area contributed by atoms with Gasteiger partial charge in [0.05, 0.1) is 16.8 Å². The van der Waals surface area contributed by atoms with E-state index in [1.807, 2.05) is 26.0 Å². The molecule has 0 amide bonds. The van der Waals surface area contributed by atoms with Crippen molar-refractivity contribution in [2.75, 3.05) is 19.6 Å². The average Bonchev–Trinajstić information content (AvgIpc) is 3.03. The lowest BCUT2D eigenvalue weighted by atomic mass is 9.84. The van der Waals surface area contributed by atoms with Crippen LogP contribution in [0.5, 0.6) is 0 Å². The third kappa shape index (κ3) is 2.93. The standard InChI is InChI=1S/C19H26N4O2/c1-11(2)13-3-4-14-18(17(13)19(24)25)15(22-21-14)9-20-16-10-23-7-5-12(16)6-8-23/h3-4,11-12,16,20H,5-10H2,1-2H3,(H,21,22)(H,24,25). The predicted molar refractivity (Wildman–Crippen MR) is 96.9 cm³/mol. The fraction of sp³-hybridized carbons (Fsp3) is 0.579. The van der Waals surface area contributed by atoms with Crippen LogP contribution in [0, 0.1) is 5.92 Å². The number of benzene rings is 1. The molecular weight excluding hydrogens is 316 g/mol. The van der Waals surface area contributed by atoms with Crippen LogP contribution in [0.3, 0.4) is 0 Å². The zero-order chi connectivity index (χ0) is 17.6. The van der Waals surface area contributed by atoms with E-state index in [0.717, 1.165) is 34.6 Å². The summed E-state index contributed by atoms with van der Waals surface area (Å²) >= 11 is 0. The molecule has 1 atom stereocenters. The molecule has 3 fully saturated rings. The third-order valence-electron chi connectivity index (χ3n) is 5.86. The summed E-state index contributed by atoms with van der Waals surface area (Å²) in [6, 6.07) is 4.33. The fourth-order valence-electron chi connectivity index (χ4n) is 4.46. The van der Waals surface area contributed by atoms with Crippen LogP contribution in [0.1, 0.15) is 54.2 Å². The van der Waals surface area contributed by atoms with Crippen LogP contribution in [0.2, 0.25) is 0 Å². The summed E-state index contributed by atoms with van der Waals surface area (Å²) in [6.07, 6.45) is 2.52. The highest BCUT2D eigenvalue weighted by Crippen LogP contribution is 2.30. The Morgan fingerprint density at radius 2 is 2.16 bits per heavy atom. The molecule has 1 aromatic heterocycles. The third-order valence-corrected chi connectivity index (χ3v) is 5.86. The average molecular weight is 342 g/mol. The van der Waals surface area contributed by atoms with Crippen LogP contribution in [0.25, 0.3) is 10.9 Å². The maximum absolute atomic E-state index is 11.9. The van der Waals surface area contributed by atoms with Crippen LogP contribution in [0.4, 0.5) is 0 Å². The number of H-pyrrole nitrogens is 1. The van der Waals surface area contributed by atoms with Crippen molar-refractivity contribution in [3.63, 3.8) is 0 Å². The topological polar surface area (TPSA) is 81.2 Å². The number of nitrogens with one attached hydrogen (secondary N) is 2. The first-order valence-electron chi connectivity index (χ1n) is 9.23. The van der Waals surface area contributed by atoms with Crippen LogP contribution < -0.4 is 5.32 Å². The van der Waals surface area contributed by atoms with Crippen molar-refractivity contribution in [1.82, 2.24) is 20.4 Å². The number of rotatable bonds is 5. The van der Waals surface area contributed by atoms with Gasteiger partial charge in [-0.15, -0.1) is 0 Å². The number of hydrogen-bond donors (Lipinski definition) is 3. The summed E-state index contributed by atoms with van der Waals surface area (Å²) in [6.45, 7) is 8.19. The second kappa shape index (κ2) is 6.42. The lowest BCUT2D eigenvalue weighted by Gasteiger charge is -2.45. The minimum atomic E-state index is -0.875. The van der Waals surface area contributed by atoms with Gasteiger partial charge in [0.25, 0.3) is 0 Å². The van der Waals surface area contributed by atoms with E-state index in [2.05, 4.69) is 20.4 Å². The summed E-state index contributed by atoms with van der Waals surface area (Å²) in [7, 11) is 0. The number of aromatic nitrogens is 2. The molecule has 3 N–H and O–H groups in total. The molecule has 3 aliphatic heterocycles. The number of carbonyl (C=O) groups is 1. The molecule has 3 aliphatic rings. The van der Waals surface area contributed by atoms with E-state index < -0.39 is 5.97 Å². The predicted octanol–water partition coefficient (Wildman–Crippen LogP) is 2.57. The lowest BCUT2D eigenvalue weighted by Crippen LogP contribution is -2.55. The van der Waals surface area contributed by atoms with E-state index in [9.17, 15) is 9.90 Å². The SMILES string of the molecule is CC(C)c1ccc2[nH]nc(CNC3CN4CCC3CC4)c2c1C(=O)O. The second-order valence-electron chi connectivity index (χ2n) is 7.71. The Hall–Kier alpha value is -1.92. The second-order valence-corrected chi connectivity index (χ2v) is 7.71. The lowest BCUT2D eigenvalue weighted by molar-refractivity contribution is 0.0697. The highest BCUT2D eigenvalue weighted by atomic mass is 16.4. The monoisotopic (exact) mass is 342 g/mol. The summed E-state index contributed by atoms with van der Waals surface area (Å²) < 4.78 is 0. The summed E-state index contributed by atoms with van der Waals surface area (Å²) in [5.74, 6) is 0.0215. The number of piperidine rings is 3. The molecule has 134 valence electrons. The largest absolute Gasteiger partial charge is 0.478 e. The maximum atomic E-state index is 11.9. The van der Waals surface area contributed by atoms with Gasteiger partial charge in [0.2, 0.25) is 0 Å². The first-order valence-corrected chi connectivity index (χ1v) is 9.23. The fourth-order valence-corrected chi connectivity index (χ4v) is 4.46. The number of nitrogens with zero attached hydrogens (tertiary/aromatic N) is 2. The molecule has 5 rings (SSSR count). The molecule has 1 unspecified atom stereocenters. The molecule has 2 bridgehead atoms. The van der Waals surface area contributed by atoms with Gasteiger partial charge < -0.3 is 15.3 Å². The number of hydrogen-bond acceptors (Lipinski definition) is 4. The van der Waals surface area contributed by atoms with E-state index in [0.29, 0.717) is 18.2 Å². The Labute approximate surface area is 147 Å². The maximum Gasteiger partial charge on any atom is 0.336 e. The Bertz CT molecular complexity index is 790. The molecule has 6 heteroatoms. The van der Waals surface area contributed by atoms with Crippen LogP contribution in [-0.4, -0.2) is 51.8 Å². The van der Waals surface area contributed by atoms with Gasteiger partial charge in [-0.1, -0.05) is 19.9 Å². The minimum absolute atomic E-state index is 0.160. The van der Waals surface area contributed by atoms with Crippen molar-refractivity contribution in [1.29, 1.82) is 0 Å². The van der Waals surface area contributed by atoms with E-state index in [-0.39, 0.29) is 5.92 Å². The quantitative estimate of drug-likeness (QED) is 0.778. The summed E-state index contributed by atoms with van der Waals surface area (Å²) in [5, 5.41) is 21.6. The van der Waals surface area contributed by atoms with Crippen molar-refractivity contribution in [2.45, 2.75) is 45.2 Å². The van der Waals surface area contributed by atoms with Gasteiger partial charge in [0.15, 0.2) is 0 Å². The highest BCUT2D eigenvalue weighted by Gasteiger charge is 2.34. The van der Waals surface area contributed by atoms with Gasteiger partial charge in [0.1, 0.15) is 0 Å². The van der Waals surface area contributed by atoms with Crippen molar-refractivity contribution in [2.24, 2.45) is 5.92 Å². The van der Waals surface area contributed by atoms with Gasteiger partial charge in [-0.05, 0) is 49.4 Å². The number of aromatic amines is 1. The van der Waals surface area contributed by atoms with Crippen LogP contribution >= 0.6 is 0 Å². The molecule has 25 heavy (non-hydrogen) atoms. The molecule has 1 aromatic carbocycles. The zero-order valence-corrected chi connectivity index (χ0v) is 14.9. The molecular formula is C19H26N4O2. The van der Waals surface area contributed by atoms with Gasteiger partial charge in [-0.3, -0.25) is 5.10 Å². The van der Waals surface area contributed by atoms with Crippen LogP contribution in [-0.2, 0) is 6.54 Å². The number of carboxylic acid groups (broad SMARTS) is 1. The number of aromatic carboxylic acids is 1. The Morgan fingerprint density at radius 3 is 2.76 bits per heavy atom. The summed E-state index contributed by atoms with van der Waals surface area (Å²) in [5.41, 5.74) is 2.87. The molecule has 6 nitrogen and oxygen atoms in total. The van der Waals surface area contributed by atoms with E-state index >= 15 is 0 Å². The van der Waals surface area contributed by atoms with E-state index in [1.54, 1.807) is 0 Å². The van der Waals surface area contributed by atoms with Gasteiger partial charge >= 0.3 is 5.97 Å². The molecule has 0 spiro atoms. The van der Waals surface area contributed by atoms with Crippen molar-refractivity contribution < 1.29 is 9.90 Å². The molecule has 4 heterocycles. The first kappa shape index (κ1) is 16.5. The van der Waals surface area contributed by atoms with Crippen LogP contribution in [0.15, 0.2) is 12.1 Å². The highest BCUT2D eigenvalue weighted by molar-refractivity contribution is 6.05. The number of carboxylic acids is 1. The molecule has 0 aliphatic carbocycles. The van der Waals surface area contributed by atoms with Crippen molar-refractivity contribution >= 4 is 16.9 Å². The van der Waals surface area contributed by atoms with Gasteiger partial charge in [0, 0.05) is 24.5 Å². The number of fused-ring (bicyclic) bond motifs is 4.